The van der Waals surface area contributed by atoms with E-state index in [9.17, 15) is 9.59 Å². The van der Waals surface area contributed by atoms with Crippen molar-refractivity contribution in [1.29, 1.82) is 0 Å². The molecular weight excluding hydrogens is 328 g/mol. The molecule has 2 heterocycles. The van der Waals surface area contributed by atoms with Gasteiger partial charge in [0.25, 0.3) is 0 Å². The summed E-state index contributed by atoms with van der Waals surface area (Å²) in [6.07, 6.45) is 1.70. The van der Waals surface area contributed by atoms with E-state index in [1.165, 1.54) is 0 Å². The smallest absolute Gasteiger partial charge is 0.239 e. The van der Waals surface area contributed by atoms with Gasteiger partial charge < -0.3 is 15.1 Å². The minimum absolute atomic E-state index is 0.126. The average molecular weight is 354 g/mol. The number of nitrogens with zero attached hydrogens (tertiary/aromatic N) is 3. The fourth-order valence-electron chi connectivity index (χ4n) is 3.24. The summed E-state index contributed by atoms with van der Waals surface area (Å²) in [6.45, 7) is 9.52. The second kappa shape index (κ2) is 7.41. The zero-order valence-electron chi connectivity index (χ0n) is 15.7. The lowest BCUT2D eigenvalue weighted by molar-refractivity contribution is -0.147. The van der Waals surface area contributed by atoms with E-state index in [2.05, 4.69) is 22.1 Å². The first-order chi connectivity index (χ1) is 12.4. The number of fused-ring (bicyclic) bond motifs is 1. The highest BCUT2D eigenvalue weighted by atomic mass is 16.2. The monoisotopic (exact) mass is 354 g/mol. The summed E-state index contributed by atoms with van der Waals surface area (Å²) < 4.78 is 0. The van der Waals surface area contributed by atoms with Gasteiger partial charge in [-0.2, -0.15) is 0 Å². The first-order valence-electron chi connectivity index (χ1n) is 9.10. The Bertz CT molecular complexity index is 805. The first kappa shape index (κ1) is 18.3. The van der Waals surface area contributed by atoms with Gasteiger partial charge in [-0.1, -0.05) is 25.1 Å². The zero-order chi connectivity index (χ0) is 18.7. The molecule has 6 heteroatoms. The molecular formula is C20H26N4O2. The highest BCUT2D eigenvalue weighted by Crippen LogP contribution is 2.26. The number of carbonyl (C=O) groups excluding carboxylic acids is 2. The van der Waals surface area contributed by atoms with E-state index < -0.39 is 5.41 Å². The number of para-hydroxylation sites is 1. The van der Waals surface area contributed by atoms with Crippen LogP contribution < -0.4 is 5.32 Å². The van der Waals surface area contributed by atoms with Gasteiger partial charge in [-0.25, -0.2) is 0 Å². The third-order valence-electron chi connectivity index (χ3n) is 5.09. The van der Waals surface area contributed by atoms with Gasteiger partial charge in [-0.05, 0) is 32.5 Å². The summed E-state index contributed by atoms with van der Waals surface area (Å²) in [5, 5.41) is 3.85. The third kappa shape index (κ3) is 3.55. The number of aromatic nitrogens is 1. The van der Waals surface area contributed by atoms with Crippen molar-refractivity contribution in [2.75, 3.05) is 38.0 Å². The molecule has 6 nitrogen and oxygen atoms in total. The lowest BCUT2D eigenvalue weighted by atomic mass is 9.89. The minimum atomic E-state index is -1.13. The lowest BCUT2D eigenvalue weighted by Gasteiger charge is -2.37. The molecule has 0 unspecified atom stereocenters. The van der Waals surface area contributed by atoms with Crippen molar-refractivity contribution in [3.8, 4) is 0 Å². The maximum absolute atomic E-state index is 12.9. The van der Waals surface area contributed by atoms with Gasteiger partial charge in [-0.3, -0.25) is 14.6 Å². The minimum Gasteiger partial charge on any atom is -0.339 e. The van der Waals surface area contributed by atoms with E-state index in [0.29, 0.717) is 18.8 Å². The molecule has 1 saturated heterocycles. The van der Waals surface area contributed by atoms with Crippen molar-refractivity contribution in [1.82, 2.24) is 14.8 Å². The molecule has 0 radical (unpaired) electrons. The van der Waals surface area contributed by atoms with Crippen molar-refractivity contribution < 1.29 is 9.59 Å². The number of anilines is 1. The molecule has 0 aliphatic carbocycles. The third-order valence-corrected chi connectivity index (χ3v) is 5.09. The molecule has 1 aromatic heterocycles. The first-order valence-corrected chi connectivity index (χ1v) is 9.10. The SMILES string of the molecule is CCN1CCN(C(=O)C(C)(C)C(=O)Nc2cccc3cccnc23)CC1. The topological polar surface area (TPSA) is 65.5 Å². The van der Waals surface area contributed by atoms with E-state index in [-0.39, 0.29) is 11.8 Å². The number of hydrogen-bond acceptors (Lipinski definition) is 4. The molecule has 1 aliphatic rings. The van der Waals surface area contributed by atoms with Crippen LogP contribution in [0.25, 0.3) is 10.9 Å². The summed E-state index contributed by atoms with van der Waals surface area (Å²) in [7, 11) is 0. The van der Waals surface area contributed by atoms with Crippen LogP contribution in [0.4, 0.5) is 5.69 Å². The molecule has 0 spiro atoms. The predicted molar refractivity (Wildman–Crippen MR) is 103 cm³/mol. The second-order valence-corrected chi connectivity index (χ2v) is 7.19. The van der Waals surface area contributed by atoms with Crippen LogP contribution in [0.3, 0.4) is 0 Å². The molecule has 3 rings (SSSR count). The van der Waals surface area contributed by atoms with Crippen LogP contribution >= 0.6 is 0 Å². The largest absolute Gasteiger partial charge is 0.339 e. The highest BCUT2D eigenvalue weighted by molar-refractivity contribution is 6.12. The van der Waals surface area contributed by atoms with Crippen LogP contribution in [0.5, 0.6) is 0 Å². The molecule has 0 atom stereocenters. The number of hydrogen-bond donors (Lipinski definition) is 1. The Morgan fingerprint density at radius 2 is 1.81 bits per heavy atom. The van der Waals surface area contributed by atoms with E-state index in [1.807, 2.05) is 30.3 Å². The summed E-state index contributed by atoms with van der Waals surface area (Å²) in [5.74, 6) is -0.433. The normalized spacial score (nSPS) is 15.9. The van der Waals surface area contributed by atoms with Gasteiger partial charge in [0.15, 0.2) is 0 Å². The molecule has 1 fully saturated rings. The standard InChI is InChI=1S/C20H26N4O2/c1-4-23-11-13-24(14-12-23)19(26)20(2,3)18(25)22-16-9-5-7-15-8-6-10-21-17(15)16/h5-10H,4,11-14H2,1-3H3,(H,22,25). The van der Waals surface area contributed by atoms with Gasteiger partial charge >= 0.3 is 0 Å². The Labute approximate surface area is 154 Å². The summed E-state index contributed by atoms with van der Waals surface area (Å²) >= 11 is 0. The van der Waals surface area contributed by atoms with Crippen LogP contribution in [0, 0.1) is 5.41 Å². The number of nitrogens with one attached hydrogen (secondary N) is 1. The number of pyridine rings is 1. The van der Waals surface area contributed by atoms with Crippen LogP contribution in [0.2, 0.25) is 0 Å². The van der Waals surface area contributed by atoms with Crippen LogP contribution in [-0.2, 0) is 9.59 Å². The molecule has 1 aliphatic heterocycles. The number of amides is 2. The van der Waals surface area contributed by atoms with Crippen LogP contribution in [-0.4, -0.2) is 59.3 Å². The number of likely N-dealkylation sites (N-methyl/N-ethyl adjacent to an activating group) is 1. The second-order valence-electron chi connectivity index (χ2n) is 7.19. The van der Waals surface area contributed by atoms with E-state index in [1.54, 1.807) is 24.9 Å². The Hall–Kier alpha value is -2.47. The van der Waals surface area contributed by atoms with Gasteiger partial charge in [0.1, 0.15) is 5.41 Å². The molecule has 2 aromatic rings. The molecule has 0 saturated carbocycles. The average Bonchev–Trinajstić information content (AvgIpc) is 2.67. The quantitative estimate of drug-likeness (QED) is 0.856. The summed E-state index contributed by atoms with van der Waals surface area (Å²) in [4.78, 5) is 34.3. The molecule has 2 amide bonds. The van der Waals surface area contributed by atoms with Crippen LogP contribution in [0.15, 0.2) is 36.5 Å². The maximum Gasteiger partial charge on any atom is 0.239 e. The molecule has 0 bridgehead atoms. The number of benzene rings is 1. The van der Waals surface area contributed by atoms with Gasteiger partial charge in [0.2, 0.25) is 11.8 Å². The Kier molecular flexibility index (Phi) is 5.23. The van der Waals surface area contributed by atoms with Crippen molar-refractivity contribution in [2.24, 2.45) is 5.41 Å². The summed E-state index contributed by atoms with van der Waals surface area (Å²) in [6, 6.07) is 9.44. The lowest BCUT2D eigenvalue weighted by Crippen LogP contribution is -2.54. The van der Waals surface area contributed by atoms with Crippen molar-refractivity contribution in [3.63, 3.8) is 0 Å². The van der Waals surface area contributed by atoms with Gasteiger partial charge in [0.05, 0.1) is 11.2 Å². The van der Waals surface area contributed by atoms with Crippen molar-refractivity contribution in [2.45, 2.75) is 20.8 Å². The number of rotatable bonds is 4. The summed E-state index contributed by atoms with van der Waals surface area (Å²) in [5.41, 5.74) is 0.221. The van der Waals surface area contributed by atoms with E-state index in [0.717, 1.165) is 30.5 Å². The fraction of sp³-hybridized carbons (Fsp3) is 0.450. The van der Waals surface area contributed by atoms with E-state index >= 15 is 0 Å². The molecule has 1 N–H and O–H groups in total. The molecule has 26 heavy (non-hydrogen) atoms. The Morgan fingerprint density at radius 1 is 1.12 bits per heavy atom. The van der Waals surface area contributed by atoms with Crippen molar-refractivity contribution in [3.05, 3.63) is 36.5 Å². The zero-order valence-corrected chi connectivity index (χ0v) is 15.7. The predicted octanol–water partition coefficient (Wildman–Crippen LogP) is 2.36. The van der Waals surface area contributed by atoms with E-state index in [4.69, 9.17) is 0 Å². The van der Waals surface area contributed by atoms with Crippen LogP contribution in [0.1, 0.15) is 20.8 Å². The van der Waals surface area contributed by atoms with Gasteiger partial charge in [-0.15, -0.1) is 0 Å². The number of piperazine rings is 1. The van der Waals surface area contributed by atoms with Gasteiger partial charge in [0, 0.05) is 37.8 Å². The van der Waals surface area contributed by atoms with Crippen molar-refractivity contribution >= 4 is 28.4 Å². The highest BCUT2D eigenvalue weighted by Gasteiger charge is 2.40. The Morgan fingerprint density at radius 3 is 2.50 bits per heavy atom. The fourth-order valence-corrected chi connectivity index (χ4v) is 3.24. The molecule has 138 valence electrons. The Balaban J connectivity index is 1.74. The molecule has 1 aromatic carbocycles. The number of carbonyl (C=O) groups is 2. The maximum atomic E-state index is 12.9.